The third-order valence-electron chi connectivity index (χ3n) is 6.08. The van der Waals surface area contributed by atoms with Crippen LogP contribution in [0.25, 0.3) is 0 Å². The number of nitriles is 1. The van der Waals surface area contributed by atoms with E-state index in [1.54, 1.807) is 30.1 Å². The normalized spacial score (nSPS) is 19.0. The Balaban J connectivity index is 1.63. The second-order valence-electron chi connectivity index (χ2n) is 8.94. The molecule has 33 heavy (non-hydrogen) atoms. The number of amides is 1. The SMILES string of the molecule is Cc1c(Nc2ccc(C#N)cc2Cl)ncnc1OC[C@]1(CCN(C)C(=O)OC(C)C)CC1C. The van der Waals surface area contributed by atoms with Gasteiger partial charge in [-0.3, -0.25) is 0 Å². The second-order valence-corrected chi connectivity index (χ2v) is 9.35. The molecule has 2 aromatic rings. The van der Waals surface area contributed by atoms with Gasteiger partial charge in [-0.05, 0) is 57.7 Å². The van der Waals surface area contributed by atoms with Crippen molar-refractivity contribution in [3.63, 3.8) is 0 Å². The smallest absolute Gasteiger partial charge is 0.409 e. The first-order valence-electron chi connectivity index (χ1n) is 11.0. The molecule has 1 saturated carbocycles. The minimum absolute atomic E-state index is 0.00772. The Morgan fingerprint density at radius 2 is 2.15 bits per heavy atom. The number of nitrogens with one attached hydrogen (secondary N) is 1. The van der Waals surface area contributed by atoms with E-state index < -0.39 is 0 Å². The van der Waals surface area contributed by atoms with Gasteiger partial charge in [0.05, 0.1) is 40.6 Å². The van der Waals surface area contributed by atoms with E-state index in [2.05, 4.69) is 28.3 Å². The number of ether oxygens (including phenoxy) is 2. The number of anilines is 2. The lowest BCUT2D eigenvalue weighted by Gasteiger charge is -2.23. The average Bonchev–Trinajstić information content (AvgIpc) is 3.42. The maximum absolute atomic E-state index is 12.1. The third-order valence-corrected chi connectivity index (χ3v) is 6.39. The molecule has 1 amide bonds. The lowest BCUT2D eigenvalue weighted by Crippen LogP contribution is -2.32. The van der Waals surface area contributed by atoms with Crippen LogP contribution in [0.1, 0.15) is 44.7 Å². The number of benzene rings is 1. The van der Waals surface area contributed by atoms with Crippen LogP contribution in [-0.2, 0) is 4.74 Å². The van der Waals surface area contributed by atoms with Crippen molar-refractivity contribution in [2.24, 2.45) is 11.3 Å². The van der Waals surface area contributed by atoms with Crippen LogP contribution in [0.15, 0.2) is 24.5 Å². The van der Waals surface area contributed by atoms with Crippen LogP contribution in [0.4, 0.5) is 16.3 Å². The van der Waals surface area contributed by atoms with E-state index in [0.29, 0.717) is 47.0 Å². The van der Waals surface area contributed by atoms with E-state index in [1.165, 1.54) is 6.33 Å². The summed E-state index contributed by atoms with van der Waals surface area (Å²) >= 11 is 6.28. The van der Waals surface area contributed by atoms with Crippen LogP contribution >= 0.6 is 11.6 Å². The fourth-order valence-electron chi connectivity index (χ4n) is 3.68. The summed E-state index contributed by atoms with van der Waals surface area (Å²) in [5, 5.41) is 12.6. The molecule has 1 aromatic carbocycles. The molecule has 1 N–H and O–H groups in total. The van der Waals surface area contributed by atoms with Gasteiger partial charge in [0.2, 0.25) is 5.88 Å². The van der Waals surface area contributed by atoms with Crippen molar-refractivity contribution in [2.75, 3.05) is 25.5 Å². The minimum atomic E-state index is -0.307. The molecule has 1 aliphatic carbocycles. The van der Waals surface area contributed by atoms with E-state index >= 15 is 0 Å². The van der Waals surface area contributed by atoms with E-state index in [-0.39, 0.29) is 17.6 Å². The van der Waals surface area contributed by atoms with E-state index in [1.807, 2.05) is 20.8 Å². The van der Waals surface area contributed by atoms with Crippen molar-refractivity contribution in [3.8, 4) is 11.9 Å². The highest BCUT2D eigenvalue weighted by Gasteiger charge is 2.51. The Morgan fingerprint density at radius 1 is 1.42 bits per heavy atom. The topological polar surface area (TPSA) is 100 Å². The van der Waals surface area contributed by atoms with Gasteiger partial charge in [-0.25, -0.2) is 14.8 Å². The summed E-state index contributed by atoms with van der Waals surface area (Å²) in [5.41, 5.74) is 1.90. The summed E-state index contributed by atoms with van der Waals surface area (Å²) in [4.78, 5) is 22.3. The van der Waals surface area contributed by atoms with Gasteiger partial charge in [0.25, 0.3) is 0 Å². The number of hydrogen-bond acceptors (Lipinski definition) is 7. The lowest BCUT2D eigenvalue weighted by molar-refractivity contribution is 0.0801. The first-order chi connectivity index (χ1) is 15.6. The van der Waals surface area contributed by atoms with Crippen LogP contribution in [0.5, 0.6) is 5.88 Å². The van der Waals surface area contributed by atoms with Gasteiger partial charge in [0.1, 0.15) is 12.1 Å². The zero-order valence-electron chi connectivity index (χ0n) is 19.7. The highest BCUT2D eigenvalue weighted by atomic mass is 35.5. The Bertz CT molecular complexity index is 1050. The molecular formula is C24H30ClN5O3. The fourth-order valence-corrected chi connectivity index (χ4v) is 3.90. The predicted molar refractivity (Wildman–Crippen MR) is 127 cm³/mol. The zero-order chi connectivity index (χ0) is 24.2. The van der Waals surface area contributed by atoms with Gasteiger partial charge < -0.3 is 19.7 Å². The predicted octanol–water partition coefficient (Wildman–Crippen LogP) is 5.33. The van der Waals surface area contributed by atoms with Crippen LogP contribution < -0.4 is 10.1 Å². The minimum Gasteiger partial charge on any atom is -0.477 e. The second kappa shape index (κ2) is 10.3. The van der Waals surface area contributed by atoms with Crippen molar-refractivity contribution in [3.05, 3.63) is 40.7 Å². The first kappa shape index (κ1) is 24.6. The molecule has 1 aliphatic rings. The molecule has 0 bridgehead atoms. The van der Waals surface area contributed by atoms with Gasteiger partial charge in [-0.1, -0.05) is 18.5 Å². The number of halogens is 1. The number of nitrogens with zero attached hydrogens (tertiary/aromatic N) is 4. The molecule has 176 valence electrons. The summed E-state index contributed by atoms with van der Waals surface area (Å²) in [6, 6.07) is 7.10. The molecule has 2 atom stereocenters. The van der Waals surface area contributed by atoms with Crippen molar-refractivity contribution in [1.82, 2.24) is 14.9 Å². The summed E-state index contributed by atoms with van der Waals surface area (Å²) < 4.78 is 11.4. The molecule has 0 radical (unpaired) electrons. The maximum Gasteiger partial charge on any atom is 0.409 e. The highest BCUT2D eigenvalue weighted by molar-refractivity contribution is 6.33. The van der Waals surface area contributed by atoms with Crippen molar-refractivity contribution in [1.29, 1.82) is 5.26 Å². The van der Waals surface area contributed by atoms with Gasteiger partial charge in [-0.15, -0.1) is 0 Å². The Kier molecular flexibility index (Phi) is 7.65. The molecular weight excluding hydrogens is 442 g/mol. The quantitative estimate of drug-likeness (QED) is 0.527. The molecule has 0 saturated heterocycles. The number of carbonyl (C=O) groups is 1. The zero-order valence-corrected chi connectivity index (χ0v) is 20.4. The van der Waals surface area contributed by atoms with Crippen LogP contribution in [-0.4, -0.2) is 47.3 Å². The molecule has 0 spiro atoms. The lowest BCUT2D eigenvalue weighted by atomic mass is 10.0. The molecule has 1 aromatic heterocycles. The molecule has 0 aliphatic heterocycles. The van der Waals surface area contributed by atoms with Crippen LogP contribution in [0.2, 0.25) is 5.02 Å². The first-order valence-corrected chi connectivity index (χ1v) is 11.4. The Morgan fingerprint density at radius 3 is 2.76 bits per heavy atom. The molecule has 1 heterocycles. The standard InChI is InChI=1S/C24H30ClN5O3/c1-15(2)33-23(31)30(5)9-8-24(11-16(24)3)13-32-22-17(4)21(27-14-28-22)29-20-7-6-18(12-26)10-19(20)25/h6-7,10,14-16H,8-9,11,13H2,1-5H3,(H,27,28,29)/t16?,24-/m0/s1. The number of rotatable bonds is 9. The fraction of sp³-hybridized carbons (Fsp3) is 0.500. The summed E-state index contributed by atoms with van der Waals surface area (Å²) in [6.07, 6.45) is 2.86. The van der Waals surface area contributed by atoms with E-state index in [0.717, 1.165) is 18.4 Å². The average molecular weight is 472 g/mol. The van der Waals surface area contributed by atoms with Gasteiger partial charge in [-0.2, -0.15) is 5.26 Å². The summed E-state index contributed by atoms with van der Waals surface area (Å²) in [5.74, 6) is 1.59. The number of hydrogen-bond donors (Lipinski definition) is 1. The van der Waals surface area contributed by atoms with Crippen LogP contribution in [0, 0.1) is 29.6 Å². The number of carbonyl (C=O) groups excluding carboxylic acids is 1. The molecule has 9 heteroatoms. The Labute approximate surface area is 199 Å². The van der Waals surface area contributed by atoms with Gasteiger partial charge in [0.15, 0.2) is 0 Å². The molecule has 8 nitrogen and oxygen atoms in total. The van der Waals surface area contributed by atoms with Gasteiger partial charge in [0, 0.05) is 19.0 Å². The van der Waals surface area contributed by atoms with Gasteiger partial charge >= 0.3 is 6.09 Å². The summed E-state index contributed by atoms with van der Waals surface area (Å²) in [6.45, 7) is 8.87. The molecule has 3 rings (SSSR count). The monoisotopic (exact) mass is 471 g/mol. The highest BCUT2D eigenvalue weighted by Crippen LogP contribution is 2.55. The van der Waals surface area contributed by atoms with Crippen molar-refractivity contribution < 1.29 is 14.3 Å². The Hall–Kier alpha value is -3.05. The number of aromatic nitrogens is 2. The van der Waals surface area contributed by atoms with Crippen molar-refractivity contribution in [2.45, 2.75) is 46.6 Å². The van der Waals surface area contributed by atoms with E-state index in [4.69, 9.17) is 26.3 Å². The van der Waals surface area contributed by atoms with E-state index in [9.17, 15) is 4.79 Å². The molecule has 1 fully saturated rings. The van der Waals surface area contributed by atoms with Crippen LogP contribution in [0.3, 0.4) is 0 Å². The maximum atomic E-state index is 12.1. The third kappa shape index (κ3) is 6.05. The molecule has 1 unspecified atom stereocenters. The summed E-state index contributed by atoms with van der Waals surface area (Å²) in [7, 11) is 1.76. The largest absolute Gasteiger partial charge is 0.477 e. The van der Waals surface area contributed by atoms with Crippen molar-refractivity contribution >= 4 is 29.2 Å².